The Hall–Kier alpha value is -0.960. The van der Waals surface area contributed by atoms with Crippen molar-refractivity contribution in [2.24, 2.45) is 17.8 Å². The molecule has 0 fully saturated rings. The molecule has 0 radical (unpaired) electrons. The first-order valence-electron chi connectivity index (χ1n) is 5.73. The average molecular weight is 226 g/mol. The van der Waals surface area contributed by atoms with Crippen LogP contribution < -0.4 is 0 Å². The zero-order valence-corrected chi connectivity index (χ0v) is 10.3. The topological polar surface area (TPSA) is 54.4 Å². The minimum Gasteiger partial charge on any atom is -0.392 e. The van der Waals surface area contributed by atoms with Crippen LogP contribution in [0.1, 0.15) is 33.6 Å². The molecular weight excluding hydrogens is 204 g/mol. The van der Waals surface area contributed by atoms with Gasteiger partial charge in [-0.15, -0.1) is 6.58 Å². The van der Waals surface area contributed by atoms with E-state index in [1.807, 2.05) is 13.0 Å². The second-order valence-corrected chi connectivity index (χ2v) is 4.47. The number of aliphatic hydroxyl groups is 1. The van der Waals surface area contributed by atoms with Gasteiger partial charge in [0.05, 0.1) is 12.0 Å². The van der Waals surface area contributed by atoms with Crippen LogP contribution in [0.25, 0.3) is 0 Å². The lowest BCUT2D eigenvalue weighted by Gasteiger charge is -2.19. The molecule has 0 aliphatic rings. The highest BCUT2D eigenvalue weighted by molar-refractivity contribution is 5.94. The van der Waals surface area contributed by atoms with Crippen LogP contribution >= 0.6 is 0 Å². The summed E-state index contributed by atoms with van der Waals surface area (Å²) >= 11 is 0. The lowest BCUT2D eigenvalue weighted by Crippen LogP contribution is -2.30. The van der Waals surface area contributed by atoms with E-state index in [9.17, 15) is 14.7 Å². The van der Waals surface area contributed by atoms with E-state index in [4.69, 9.17) is 0 Å². The van der Waals surface area contributed by atoms with Crippen molar-refractivity contribution in [2.45, 2.75) is 39.7 Å². The standard InChI is InChI=1S/C13H22O3/c1-5-9(2)6-7-12(15)11(4)13(16)10(3)8-14/h5,8-12,15H,1,6-7H2,2-4H3/t9-,10+,11+,12-/m1/s1. The molecule has 0 bridgehead atoms. The van der Waals surface area contributed by atoms with Gasteiger partial charge in [-0.2, -0.15) is 0 Å². The molecule has 0 aliphatic carbocycles. The fourth-order valence-corrected chi connectivity index (χ4v) is 1.47. The van der Waals surface area contributed by atoms with Gasteiger partial charge in [0.25, 0.3) is 0 Å². The summed E-state index contributed by atoms with van der Waals surface area (Å²) in [5.74, 6) is -0.951. The lowest BCUT2D eigenvalue weighted by molar-refractivity contribution is -0.132. The van der Waals surface area contributed by atoms with Crippen LogP contribution in [-0.4, -0.2) is 23.3 Å². The zero-order chi connectivity index (χ0) is 12.7. The quantitative estimate of drug-likeness (QED) is 0.391. The molecule has 0 rings (SSSR count). The highest BCUT2D eigenvalue weighted by atomic mass is 16.3. The minimum absolute atomic E-state index is 0.186. The summed E-state index contributed by atoms with van der Waals surface area (Å²) in [7, 11) is 0. The number of hydrogen-bond donors (Lipinski definition) is 1. The number of carbonyl (C=O) groups is 2. The van der Waals surface area contributed by atoms with E-state index < -0.39 is 17.9 Å². The fraction of sp³-hybridized carbons (Fsp3) is 0.692. The van der Waals surface area contributed by atoms with Crippen LogP contribution in [-0.2, 0) is 9.59 Å². The average Bonchev–Trinajstić information content (AvgIpc) is 2.32. The number of aldehydes is 1. The van der Waals surface area contributed by atoms with Gasteiger partial charge < -0.3 is 9.90 Å². The largest absolute Gasteiger partial charge is 0.392 e. The smallest absolute Gasteiger partial charge is 0.148 e. The first-order chi connectivity index (χ1) is 7.43. The molecule has 0 heterocycles. The van der Waals surface area contributed by atoms with Crippen LogP contribution in [0.4, 0.5) is 0 Å². The summed E-state index contributed by atoms with van der Waals surface area (Å²) in [4.78, 5) is 22.1. The van der Waals surface area contributed by atoms with Crippen LogP contribution in [0, 0.1) is 17.8 Å². The van der Waals surface area contributed by atoms with E-state index in [-0.39, 0.29) is 5.78 Å². The molecule has 0 saturated carbocycles. The summed E-state index contributed by atoms with van der Waals surface area (Å²) in [6, 6.07) is 0. The minimum atomic E-state index is -0.669. The maximum absolute atomic E-state index is 11.6. The van der Waals surface area contributed by atoms with Crippen LogP contribution in [0.2, 0.25) is 0 Å². The molecule has 0 saturated heterocycles. The predicted octanol–water partition coefficient (Wildman–Crippen LogP) is 1.99. The van der Waals surface area contributed by atoms with E-state index in [0.29, 0.717) is 18.6 Å². The Kier molecular flexibility index (Phi) is 6.90. The molecule has 16 heavy (non-hydrogen) atoms. The second-order valence-electron chi connectivity index (χ2n) is 4.47. The van der Waals surface area contributed by atoms with Crippen molar-refractivity contribution < 1.29 is 14.7 Å². The lowest BCUT2D eigenvalue weighted by atomic mass is 9.88. The van der Waals surface area contributed by atoms with Crippen molar-refractivity contribution in [2.75, 3.05) is 0 Å². The summed E-state index contributed by atoms with van der Waals surface area (Å²) in [5, 5.41) is 9.81. The molecule has 92 valence electrons. The number of allylic oxidation sites excluding steroid dienone is 1. The molecule has 3 nitrogen and oxygen atoms in total. The molecule has 0 unspecified atom stereocenters. The van der Waals surface area contributed by atoms with Gasteiger partial charge in [0.2, 0.25) is 0 Å². The Morgan fingerprint density at radius 3 is 2.31 bits per heavy atom. The molecular formula is C13H22O3. The first kappa shape index (κ1) is 15.0. The van der Waals surface area contributed by atoms with Crippen molar-refractivity contribution in [3.8, 4) is 0 Å². The number of carbonyl (C=O) groups excluding carboxylic acids is 2. The van der Waals surface area contributed by atoms with E-state index in [0.717, 1.165) is 6.42 Å². The van der Waals surface area contributed by atoms with Crippen molar-refractivity contribution in [1.29, 1.82) is 0 Å². The Morgan fingerprint density at radius 1 is 1.31 bits per heavy atom. The van der Waals surface area contributed by atoms with Gasteiger partial charge in [0, 0.05) is 5.92 Å². The normalized spacial score (nSPS) is 18.2. The number of Topliss-reactive ketones (excluding diaryl/α,β-unsaturated/α-hetero) is 1. The summed E-state index contributed by atoms with van der Waals surface area (Å²) in [6.45, 7) is 8.91. The molecule has 0 aromatic rings. The van der Waals surface area contributed by atoms with E-state index in [1.165, 1.54) is 0 Å². The molecule has 0 aliphatic heterocycles. The third kappa shape index (κ3) is 4.71. The van der Waals surface area contributed by atoms with Gasteiger partial charge >= 0.3 is 0 Å². The Morgan fingerprint density at radius 2 is 1.88 bits per heavy atom. The third-order valence-electron chi connectivity index (χ3n) is 3.00. The van der Waals surface area contributed by atoms with Crippen molar-refractivity contribution in [3.63, 3.8) is 0 Å². The Bertz CT molecular complexity index is 248. The number of rotatable bonds is 8. The predicted molar refractivity (Wildman–Crippen MR) is 64.0 cm³/mol. The first-order valence-corrected chi connectivity index (χ1v) is 5.73. The SMILES string of the molecule is C=C[C@@H](C)CC[C@@H](O)[C@H](C)C(=O)[C@@H](C)C=O. The van der Waals surface area contributed by atoms with Gasteiger partial charge in [-0.05, 0) is 25.7 Å². The number of ketones is 1. The molecule has 0 aromatic carbocycles. The Balaban J connectivity index is 4.17. The van der Waals surface area contributed by atoms with Gasteiger partial charge in [-0.3, -0.25) is 4.79 Å². The molecule has 0 spiro atoms. The third-order valence-corrected chi connectivity index (χ3v) is 3.00. The van der Waals surface area contributed by atoms with Gasteiger partial charge in [-0.1, -0.05) is 19.9 Å². The Labute approximate surface area is 97.5 Å². The van der Waals surface area contributed by atoms with Gasteiger partial charge in [-0.25, -0.2) is 0 Å². The van der Waals surface area contributed by atoms with Crippen molar-refractivity contribution in [3.05, 3.63) is 12.7 Å². The van der Waals surface area contributed by atoms with E-state index in [1.54, 1.807) is 13.8 Å². The van der Waals surface area contributed by atoms with E-state index in [2.05, 4.69) is 6.58 Å². The summed E-state index contributed by atoms with van der Waals surface area (Å²) in [5.41, 5.74) is 0. The highest BCUT2D eigenvalue weighted by Crippen LogP contribution is 2.17. The van der Waals surface area contributed by atoms with Gasteiger partial charge in [0.15, 0.2) is 0 Å². The molecule has 4 atom stereocenters. The van der Waals surface area contributed by atoms with Crippen molar-refractivity contribution >= 4 is 12.1 Å². The maximum atomic E-state index is 11.6. The van der Waals surface area contributed by atoms with Crippen molar-refractivity contribution in [1.82, 2.24) is 0 Å². The van der Waals surface area contributed by atoms with Crippen LogP contribution in [0.5, 0.6) is 0 Å². The molecule has 3 heteroatoms. The number of aliphatic hydroxyl groups excluding tert-OH is 1. The van der Waals surface area contributed by atoms with E-state index >= 15 is 0 Å². The monoisotopic (exact) mass is 226 g/mol. The maximum Gasteiger partial charge on any atom is 0.148 e. The summed E-state index contributed by atoms with van der Waals surface area (Å²) in [6.07, 6.45) is 3.14. The molecule has 0 aromatic heterocycles. The fourth-order valence-electron chi connectivity index (χ4n) is 1.47. The van der Waals surface area contributed by atoms with Crippen LogP contribution in [0.3, 0.4) is 0 Å². The van der Waals surface area contributed by atoms with Gasteiger partial charge in [0.1, 0.15) is 12.1 Å². The second kappa shape index (κ2) is 7.34. The zero-order valence-electron chi connectivity index (χ0n) is 10.3. The van der Waals surface area contributed by atoms with Crippen LogP contribution in [0.15, 0.2) is 12.7 Å². The number of hydrogen-bond acceptors (Lipinski definition) is 3. The molecule has 0 amide bonds. The molecule has 1 N–H and O–H groups in total. The highest BCUT2D eigenvalue weighted by Gasteiger charge is 2.25. The summed E-state index contributed by atoms with van der Waals surface area (Å²) < 4.78 is 0.